The number of alkyl halides is 1. The van der Waals surface area contributed by atoms with Crippen molar-refractivity contribution in [1.82, 2.24) is 0 Å². The molecule has 0 spiro atoms. The smallest absolute Gasteiger partial charge is 0.271 e. The van der Waals surface area contributed by atoms with Crippen LogP contribution < -0.4 is 4.72 Å². The molecule has 1 aromatic carbocycles. The van der Waals surface area contributed by atoms with Gasteiger partial charge in [0.1, 0.15) is 0 Å². The molecule has 0 aliphatic rings. The molecule has 1 rings (SSSR count). The second-order valence-corrected chi connectivity index (χ2v) is 6.20. The molecule has 0 aliphatic carbocycles. The second-order valence-electron chi connectivity index (χ2n) is 4.08. The molecule has 20 heavy (non-hydrogen) atoms. The van der Waals surface area contributed by atoms with Crippen LogP contribution in [0.25, 0.3) is 0 Å². The van der Waals surface area contributed by atoms with Gasteiger partial charge in [-0.1, -0.05) is 25.8 Å². The van der Waals surface area contributed by atoms with Gasteiger partial charge in [-0.2, -0.15) is 0 Å². The van der Waals surface area contributed by atoms with E-state index in [1.807, 2.05) is 0 Å². The van der Waals surface area contributed by atoms with E-state index in [-0.39, 0.29) is 11.4 Å². The van der Waals surface area contributed by atoms with Gasteiger partial charge in [0, 0.05) is 18.0 Å². The fourth-order valence-electron chi connectivity index (χ4n) is 1.24. The maximum absolute atomic E-state index is 10.8. The first-order valence-corrected chi connectivity index (χ1v) is 8.51. The minimum atomic E-state index is -3.39. The Morgan fingerprint density at radius 3 is 2.40 bits per heavy atom. The molecule has 0 radical (unpaired) electrons. The van der Waals surface area contributed by atoms with Crippen molar-refractivity contribution in [3.8, 4) is 0 Å². The van der Waals surface area contributed by atoms with Gasteiger partial charge in [-0.05, 0) is 12.5 Å². The first-order chi connectivity index (χ1) is 9.30. The molecule has 0 amide bonds. The van der Waals surface area contributed by atoms with Crippen LogP contribution in [0.1, 0.15) is 26.2 Å². The number of nitrogens with one attached hydrogen (secondary N) is 1. The lowest BCUT2D eigenvalue weighted by atomic mass is 10.3. The first-order valence-electron chi connectivity index (χ1n) is 6.08. The molecule has 1 N–H and O–H groups in total. The normalized spacial score (nSPS) is 10.3. The summed E-state index contributed by atoms with van der Waals surface area (Å²) in [5, 5.41) is 10.3. The maximum Gasteiger partial charge on any atom is 0.271 e. The molecule has 0 saturated heterocycles. The quantitative estimate of drug-likeness (QED) is 0.376. The SMILES string of the molecule is CCCCCCl.CS(=O)(=O)Nc1cccc([N+](=O)[O-])c1. The van der Waals surface area contributed by atoms with Gasteiger partial charge in [-0.25, -0.2) is 8.42 Å². The number of nitrogens with zero attached hydrogens (tertiary/aromatic N) is 1. The van der Waals surface area contributed by atoms with Gasteiger partial charge >= 0.3 is 0 Å². The van der Waals surface area contributed by atoms with Crippen molar-refractivity contribution in [1.29, 1.82) is 0 Å². The fourth-order valence-corrected chi connectivity index (χ4v) is 1.99. The lowest BCUT2D eigenvalue weighted by Crippen LogP contribution is -2.09. The highest BCUT2D eigenvalue weighted by Gasteiger charge is 2.07. The summed E-state index contributed by atoms with van der Waals surface area (Å²) in [6, 6.07) is 5.29. The highest BCUT2D eigenvalue weighted by molar-refractivity contribution is 7.92. The number of sulfonamides is 1. The molecule has 114 valence electrons. The highest BCUT2D eigenvalue weighted by atomic mass is 35.5. The van der Waals surface area contributed by atoms with Crippen molar-refractivity contribution >= 4 is 33.0 Å². The van der Waals surface area contributed by atoms with Crippen LogP contribution in [0.15, 0.2) is 24.3 Å². The minimum absolute atomic E-state index is 0.154. The Labute approximate surface area is 124 Å². The average molecular weight is 323 g/mol. The topological polar surface area (TPSA) is 89.3 Å². The summed E-state index contributed by atoms with van der Waals surface area (Å²) in [6.07, 6.45) is 4.71. The third kappa shape index (κ3) is 9.57. The molecule has 0 atom stereocenters. The van der Waals surface area contributed by atoms with Gasteiger partial charge in [-0.3, -0.25) is 14.8 Å². The molecule has 1 aromatic rings. The Morgan fingerprint density at radius 2 is 2.00 bits per heavy atom. The van der Waals surface area contributed by atoms with Gasteiger partial charge in [0.25, 0.3) is 5.69 Å². The van der Waals surface area contributed by atoms with Gasteiger partial charge in [0.2, 0.25) is 10.0 Å². The van der Waals surface area contributed by atoms with Crippen molar-refractivity contribution in [2.75, 3.05) is 16.9 Å². The van der Waals surface area contributed by atoms with Gasteiger partial charge in [-0.15, -0.1) is 11.6 Å². The Morgan fingerprint density at radius 1 is 1.35 bits per heavy atom. The van der Waals surface area contributed by atoms with E-state index >= 15 is 0 Å². The summed E-state index contributed by atoms with van der Waals surface area (Å²) in [5.74, 6) is 0.827. The van der Waals surface area contributed by atoms with Crippen LogP contribution in [0.3, 0.4) is 0 Å². The molecule has 0 heterocycles. The van der Waals surface area contributed by atoms with E-state index in [9.17, 15) is 18.5 Å². The summed E-state index contributed by atoms with van der Waals surface area (Å²) >= 11 is 5.38. The van der Waals surface area contributed by atoms with Crippen molar-refractivity contribution in [2.45, 2.75) is 26.2 Å². The van der Waals surface area contributed by atoms with Crippen LogP contribution in [-0.2, 0) is 10.0 Å². The van der Waals surface area contributed by atoms with Crippen molar-refractivity contribution in [2.24, 2.45) is 0 Å². The summed E-state index contributed by atoms with van der Waals surface area (Å²) in [6.45, 7) is 2.17. The third-order valence-corrected chi connectivity index (χ3v) is 2.97. The van der Waals surface area contributed by atoms with E-state index < -0.39 is 14.9 Å². The van der Waals surface area contributed by atoms with Crippen LogP contribution in [0.2, 0.25) is 0 Å². The van der Waals surface area contributed by atoms with E-state index in [0.29, 0.717) is 0 Å². The van der Waals surface area contributed by atoms with Crippen LogP contribution in [0.5, 0.6) is 0 Å². The van der Waals surface area contributed by atoms with E-state index in [1.165, 1.54) is 37.5 Å². The molecular formula is C12H19ClN2O4S. The molecule has 0 aromatic heterocycles. The molecule has 8 heteroatoms. The number of nitro benzene ring substituents is 1. The number of halogens is 1. The van der Waals surface area contributed by atoms with E-state index in [4.69, 9.17) is 11.6 Å². The summed E-state index contributed by atoms with van der Waals surface area (Å²) in [5.41, 5.74) is 0.0281. The standard InChI is InChI=1S/C7H8N2O4S.C5H11Cl/c1-14(12,13)8-6-3-2-4-7(5-6)9(10)11;1-2-3-4-5-6/h2-5,8H,1H3;2-5H2,1H3. The van der Waals surface area contributed by atoms with Crippen molar-refractivity contribution in [3.63, 3.8) is 0 Å². The average Bonchev–Trinajstić information content (AvgIpc) is 2.35. The lowest BCUT2D eigenvalue weighted by Gasteiger charge is -2.02. The van der Waals surface area contributed by atoms with Crippen LogP contribution in [-0.4, -0.2) is 25.5 Å². The molecule has 0 unspecified atom stereocenters. The number of rotatable bonds is 6. The summed E-state index contributed by atoms with van der Waals surface area (Å²) in [4.78, 5) is 9.76. The number of benzene rings is 1. The number of unbranched alkanes of at least 4 members (excludes halogenated alkanes) is 2. The molecular weight excluding hydrogens is 304 g/mol. The van der Waals surface area contributed by atoms with Crippen LogP contribution in [0, 0.1) is 10.1 Å². The maximum atomic E-state index is 10.8. The third-order valence-electron chi connectivity index (χ3n) is 2.10. The zero-order chi connectivity index (χ0) is 15.6. The van der Waals surface area contributed by atoms with E-state index in [0.717, 1.165) is 18.2 Å². The van der Waals surface area contributed by atoms with Gasteiger partial charge in [0.05, 0.1) is 16.9 Å². The zero-order valence-corrected chi connectivity index (χ0v) is 13.1. The summed E-state index contributed by atoms with van der Waals surface area (Å²) < 4.78 is 23.7. The molecule has 0 saturated carbocycles. The number of hydrogen-bond acceptors (Lipinski definition) is 4. The molecule has 0 bridgehead atoms. The molecule has 6 nitrogen and oxygen atoms in total. The fraction of sp³-hybridized carbons (Fsp3) is 0.500. The lowest BCUT2D eigenvalue weighted by molar-refractivity contribution is -0.384. The predicted octanol–water partition coefficient (Wildman–Crippen LogP) is 3.38. The Hall–Kier alpha value is -1.34. The Bertz CT molecular complexity index is 516. The summed E-state index contributed by atoms with van der Waals surface area (Å²) in [7, 11) is -3.39. The number of nitro groups is 1. The van der Waals surface area contributed by atoms with Gasteiger partial charge < -0.3 is 0 Å². The Balaban J connectivity index is 0.000000511. The van der Waals surface area contributed by atoms with Crippen molar-refractivity contribution in [3.05, 3.63) is 34.4 Å². The zero-order valence-electron chi connectivity index (χ0n) is 11.5. The largest absolute Gasteiger partial charge is 0.284 e. The minimum Gasteiger partial charge on any atom is -0.284 e. The van der Waals surface area contributed by atoms with Crippen molar-refractivity contribution < 1.29 is 13.3 Å². The van der Waals surface area contributed by atoms with E-state index in [2.05, 4.69) is 11.6 Å². The molecule has 0 fully saturated rings. The first kappa shape index (κ1) is 18.7. The van der Waals surface area contributed by atoms with E-state index in [1.54, 1.807) is 0 Å². The Kier molecular flexibility index (Phi) is 8.91. The molecule has 0 aliphatic heterocycles. The monoisotopic (exact) mass is 322 g/mol. The predicted molar refractivity (Wildman–Crippen MR) is 81.8 cm³/mol. The number of hydrogen-bond donors (Lipinski definition) is 1. The second kappa shape index (κ2) is 9.55. The van der Waals surface area contributed by atoms with Crippen LogP contribution in [0.4, 0.5) is 11.4 Å². The number of anilines is 1. The highest BCUT2D eigenvalue weighted by Crippen LogP contribution is 2.17. The number of non-ortho nitro benzene ring substituents is 1. The van der Waals surface area contributed by atoms with Gasteiger partial charge in [0.15, 0.2) is 0 Å². The van der Waals surface area contributed by atoms with Crippen LogP contribution >= 0.6 is 11.6 Å².